The number of aliphatic hydroxyl groups excluding tert-OH is 1. The fourth-order valence-corrected chi connectivity index (χ4v) is 2.80. The predicted octanol–water partition coefficient (Wildman–Crippen LogP) is 2.92. The maximum atomic E-state index is 10.2. The maximum absolute atomic E-state index is 10.2. The third kappa shape index (κ3) is 5.66. The van der Waals surface area contributed by atoms with Crippen molar-refractivity contribution in [2.24, 2.45) is 0 Å². The lowest BCUT2D eigenvalue weighted by Gasteiger charge is -2.17. The molecule has 0 fully saturated rings. The lowest BCUT2D eigenvalue weighted by atomic mass is 10.0. The first kappa shape index (κ1) is 18.5. The van der Waals surface area contributed by atoms with Gasteiger partial charge in [-0.15, -0.1) is 0 Å². The average Bonchev–Trinajstić information content (AvgIpc) is 2.60. The number of benzene rings is 2. The van der Waals surface area contributed by atoms with Crippen LogP contribution in [0, 0.1) is 0 Å². The van der Waals surface area contributed by atoms with E-state index in [1.54, 1.807) is 0 Å². The Labute approximate surface area is 145 Å². The van der Waals surface area contributed by atoms with Gasteiger partial charge in [0.15, 0.2) is 0 Å². The number of hydrogen-bond donors (Lipinski definition) is 2. The summed E-state index contributed by atoms with van der Waals surface area (Å²) in [6.45, 7) is 8.47. The van der Waals surface area contributed by atoms with Crippen LogP contribution >= 0.6 is 0 Å². The van der Waals surface area contributed by atoms with Gasteiger partial charge in [0.25, 0.3) is 0 Å². The van der Waals surface area contributed by atoms with Crippen molar-refractivity contribution < 1.29 is 15.2 Å². The number of rotatable bonds is 9. The molecule has 2 aromatic carbocycles. The van der Waals surface area contributed by atoms with Crippen LogP contribution in [0.25, 0.3) is 0 Å². The molecule has 3 nitrogen and oxygen atoms in total. The van der Waals surface area contributed by atoms with Gasteiger partial charge in [-0.2, -0.15) is 0 Å². The predicted molar refractivity (Wildman–Crippen MR) is 98.5 cm³/mol. The van der Waals surface area contributed by atoms with Gasteiger partial charge in [-0.1, -0.05) is 69.3 Å². The summed E-state index contributed by atoms with van der Waals surface area (Å²) in [7, 11) is 0. The van der Waals surface area contributed by atoms with Gasteiger partial charge < -0.3 is 15.2 Å². The van der Waals surface area contributed by atoms with Gasteiger partial charge in [-0.25, -0.2) is 0 Å². The molecule has 130 valence electrons. The molecule has 0 radical (unpaired) electrons. The zero-order valence-electron chi connectivity index (χ0n) is 15.0. The van der Waals surface area contributed by atoms with Crippen molar-refractivity contribution in [3.63, 3.8) is 0 Å². The normalized spacial score (nSPS) is 13.7. The minimum atomic E-state index is -0.465. The highest BCUT2D eigenvalue weighted by Gasteiger charge is 2.13. The van der Waals surface area contributed by atoms with Crippen molar-refractivity contribution in [1.82, 2.24) is 0 Å². The first-order valence-corrected chi connectivity index (χ1v) is 8.84. The highest BCUT2D eigenvalue weighted by molar-refractivity contribution is 5.35. The molecule has 0 aliphatic carbocycles. The molecule has 3 N–H and O–H groups in total. The average molecular weight is 328 g/mol. The van der Waals surface area contributed by atoms with E-state index in [4.69, 9.17) is 4.74 Å². The number of para-hydroxylation sites is 1. The topological polar surface area (TPSA) is 46.1 Å². The molecule has 0 spiro atoms. The fourth-order valence-electron chi connectivity index (χ4n) is 2.80. The zero-order valence-corrected chi connectivity index (χ0v) is 15.0. The van der Waals surface area contributed by atoms with E-state index in [2.05, 4.69) is 56.4 Å². The largest absolute Gasteiger partial charge is 0.490 e. The molecule has 3 heteroatoms. The first-order chi connectivity index (χ1) is 11.6. The van der Waals surface area contributed by atoms with Crippen molar-refractivity contribution in [2.75, 3.05) is 19.7 Å². The molecule has 24 heavy (non-hydrogen) atoms. The first-order valence-electron chi connectivity index (χ1n) is 8.84. The fraction of sp³-hybridized carbons (Fsp3) is 0.429. The summed E-state index contributed by atoms with van der Waals surface area (Å²) < 4.78 is 5.83. The van der Waals surface area contributed by atoms with E-state index in [1.807, 2.05) is 24.3 Å². The van der Waals surface area contributed by atoms with Crippen LogP contribution in [-0.4, -0.2) is 30.9 Å². The summed E-state index contributed by atoms with van der Waals surface area (Å²) in [5.41, 5.74) is 2.52. The summed E-state index contributed by atoms with van der Waals surface area (Å²) in [6.07, 6.45) is -0.465. The Morgan fingerprint density at radius 3 is 2.29 bits per heavy atom. The van der Waals surface area contributed by atoms with E-state index in [9.17, 15) is 5.11 Å². The van der Waals surface area contributed by atoms with E-state index in [1.165, 1.54) is 11.1 Å². The number of hydrogen-bond acceptors (Lipinski definition) is 2. The number of aliphatic hydroxyl groups is 1. The highest BCUT2D eigenvalue weighted by Crippen LogP contribution is 2.25. The van der Waals surface area contributed by atoms with Crippen LogP contribution in [-0.2, 0) is 0 Å². The molecule has 2 atom stereocenters. The third-order valence-electron chi connectivity index (χ3n) is 4.30. The molecule has 0 bridgehead atoms. The number of quaternary nitrogens is 1. The monoisotopic (exact) mass is 328 g/mol. The summed E-state index contributed by atoms with van der Waals surface area (Å²) in [4.78, 5) is 0. The van der Waals surface area contributed by atoms with Crippen molar-refractivity contribution in [3.8, 4) is 5.75 Å². The van der Waals surface area contributed by atoms with Gasteiger partial charge in [0.05, 0.1) is 6.54 Å². The van der Waals surface area contributed by atoms with E-state index >= 15 is 0 Å². The summed E-state index contributed by atoms with van der Waals surface area (Å²) in [6, 6.07) is 18.5. The van der Waals surface area contributed by atoms with Gasteiger partial charge in [-0.05, 0) is 23.1 Å². The molecule has 0 aliphatic heterocycles. The second-order valence-corrected chi connectivity index (χ2v) is 6.73. The van der Waals surface area contributed by atoms with Crippen LogP contribution in [0.4, 0.5) is 0 Å². The lowest BCUT2D eigenvalue weighted by molar-refractivity contribution is -0.663. The number of ether oxygens (including phenoxy) is 1. The molecule has 0 amide bonds. The Morgan fingerprint density at radius 2 is 1.58 bits per heavy atom. The molecule has 0 aromatic heterocycles. The summed E-state index contributed by atoms with van der Waals surface area (Å²) in [5.74, 6) is 1.77. The van der Waals surface area contributed by atoms with Gasteiger partial charge in [0.2, 0.25) is 0 Å². The SMILES string of the molecule is CC(C)c1ccccc1OC[C@@H](O)C[NH2+]C[C@@H](C)c1ccccc1. The standard InChI is InChI=1S/C21H29NO2/c1-16(2)20-11-7-8-12-21(20)24-15-19(23)14-22-13-17(3)18-9-5-4-6-10-18/h4-12,16-17,19,22-23H,13-15H2,1-3H3/p+1/t17-,19+/m1/s1. The Morgan fingerprint density at radius 1 is 0.917 bits per heavy atom. The minimum Gasteiger partial charge on any atom is -0.490 e. The van der Waals surface area contributed by atoms with E-state index in [0.29, 0.717) is 25.0 Å². The van der Waals surface area contributed by atoms with Crippen molar-refractivity contribution in [2.45, 2.75) is 38.7 Å². The highest BCUT2D eigenvalue weighted by atomic mass is 16.5. The molecule has 0 aliphatic rings. The van der Waals surface area contributed by atoms with Gasteiger partial charge >= 0.3 is 0 Å². The van der Waals surface area contributed by atoms with Gasteiger partial charge in [-0.3, -0.25) is 0 Å². The van der Waals surface area contributed by atoms with Crippen LogP contribution in [0.3, 0.4) is 0 Å². The molecule has 2 aromatic rings. The Bertz CT molecular complexity index is 598. The van der Waals surface area contributed by atoms with Crippen LogP contribution in [0.5, 0.6) is 5.75 Å². The van der Waals surface area contributed by atoms with Gasteiger partial charge in [0, 0.05) is 5.92 Å². The summed E-state index contributed by atoms with van der Waals surface area (Å²) in [5, 5.41) is 12.3. The van der Waals surface area contributed by atoms with Crippen LogP contribution in [0.15, 0.2) is 54.6 Å². The molecule has 2 rings (SSSR count). The quantitative estimate of drug-likeness (QED) is 0.743. The molecule has 0 saturated heterocycles. The smallest absolute Gasteiger partial charge is 0.137 e. The van der Waals surface area contributed by atoms with Crippen LogP contribution in [0.2, 0.25) is 0 Å². The number of nitrogens with two attached hydrogens (primary N) is 1. The van der Waals surface area contributed by atoms with E-state index in [-0.39, 0.29) is 0 Å². The third-order valence-corrected chi connectivity index (χ3v) is 4.30. The molecule has 0 heterocycles. The lowest BCUT2D eigenvalue weighted by Crippen LogP contribution is -2.87. The molecule has 0 unspecified atom stereocenters. The zero-order chi connectivity index (χ0) is 17.4. The maximum Gasteiger partial charge on any atom is 0.137 e. The Balaban J connectivity index is 1.73. The van der Waals surface area contributed by atoms with Crippen molar-refractivity contribution in [1.29, 1.82) is 0 Å². The molecule has 0 saturated carbocycles. The van der Waals surface area contributed by atoms with E-state index in [0.717, 1.165) is 12.3 Å². The Kier molecular flexibility index (Phi) is 7.29. The molecular formula is C21H30NO2+. The summed E-state index contributed by atoms with van der Waals surface area (Å²) >= 11 is 0. The second-order valence-electron chi connectivity index (χ2n) is 6.73. The van der Waals surface area contributed by atoms with Crippen LogP contribution < -0.4 is 10.1 Å². The van der Waals surface area contributed by atoms with Crippen molar-refractivity contribution in [3.05, 3.63) is 65.7 Å². The minimum absolute atomic E-state index is 0.333. The van der Waals surface area contributed by atoms with Crippen LogP contribution in [0.1, 0.15) is 43.7 Å². The molecular weight excluding hydrogens is 298 g/mol. The van der Waals surface area contributed by atoms with E-state index < -0.39 is 6.10 Å². The Hall–Kier alpha value is -1.84. The van der Waals surface area contributed by atoms with Gasteiger partial charge in [0.1, 0.15) is 25.0 Å². The van der Waals surface area contributed by atoms with Crippen molar-refractivity contribution >= 4 is 0 Å². The second kappa shape index (κ2) is 9.45.